The molecule has 6 heteroatoms. The van der Waals surface area contributed by atoms with Gasteiger partial charge in [0.05, 0.1) is 10.7 Å². The number of benzene rings is 1. The molecule has 0 bridgehead atoms. The Labute approximate surface area is 170 Å². The lowest BCUT2D eigenvalue weighted by molar-refractivity contribution is -0.142. The highest BCUT2D eigenvalue weighted by atomic mass is 32.1. The number of hydrogen-bond acceptors (Lipinski definition) is 4. The molecule has 2 fully saturated rings. The lowest BCUT2D eigenvalue weighted by Crippen LogP contribution is -2.55. The van der Waals surface area contributed by atoms with Crippen LogP contribution in [0.1, 0.15) is 58.0 Å². The van der Waals surface area contributed by atoms with Crippen LogP contribution >= 0.6 is 11.3 Å². The molecule has 0 unspecified atom stereocenters. The molecule has 148 valence electrons. The van der Waals surface area contributed by atoms with Gasteiger partial charge in [-0.3, -0.25) is 9.59 Å². The average Bonchev–Trinajstić information content (AvgIpc) is 3.26. The first-order valence-corrected chi connectivity index (χ1v) is 10.9. The summed E-state index contributed by atoms with van der Waals surface area (Å²) in [7, 11) is 0. The van der Waals surface area contributed by atoms with Gasteiger partial charge < -0.3 is 10.2 Å². The first-order valence-electron chi connectivity index (χ1n) is 10.0. The molecule has 2 aromatic rings. The van der Waals surface area contributed by atoms with Gasteiger partial charge in [0.1, 0.15) is 4.88 Å². The molecule has 1 aliphatic carbocycles. The van der Waals surface area contributed by atoms with E-state index in [1.807, 2.05) is 32.0 Å². The summed E-state index contributed by atoms with van der Waals surface area (Å²) in [6.45, 7) is 5.10. The van der Waals surface area contributed by atoms with Gasteiger partial charge in [-0.2, -0.15) is 0 Å². The molecular formula is C22H27N3O2S. The van der Waals surface area contributed by atoms with Crippen LogP contribution in [0.3, 0.4) is 0 Å². The quantitative estimate of drug-likeness (QED) is 0.833. The minimum Gasteiger partial charge on any atom is -0.351 e. The zero-order chi connectivity index (χ0) is 19.7. The maximum Gasteiger partial charge on any atom is 0.263 e. The van der Waals surface area contributed by atoms with Crippen molar-refractivity contribution in [3.05, 3.63) is 51.5 Å². The number of carbonyl (C=O) groups is 2. The minimum atomic E-state index is -0.0327. The molecule has 1 N–H and O–H groups in total. The standard InChI is InChI=1S/C22H27N3O2S/c1-15-20(28-16(2)24-15)21(27)23-14-22-11-6-9-18(22)25(19(26)10-12-22)13-17-7-4-3-5-8-17/h3-5,7-8,18H,6,9-14H2,1-2H3,(H,23,27)/t18-,22+/m1/s1. The van der Waals surface area contributed by atoms with Crippen molar-refractivity contribution in [3.8, 4) is 0 Å². The lowest BCUT2D eigenvalue weighted by atomic mass is 9.74. The molecule has 4 rings (SSSR count). The summed E-state index contributed by atoms with van der Waals surface area (Å²) in [5, 5.41) is 4.09. The van der Waals surface area contributed by atoms with Crippen LogP contribution in [0.2, 0.25) is 0 Å². The molecular weight excluding hydrogens is 370 g/mol. The fraction of sp³-hybridized carbons (Fsp3) is 0.500. The second kappa shape index (κ2) is 7.66. The van der Waals surface area contributed by atoms with Crippen molar-refractivity contribution < 1.29 is 9.59 Å². The van der Waals surface area contributed by atoms with Gasteiger partial charge in [-0.05, 0) is 38.7 Å². The lowest BCUT2D eigenvalue weighted by Gasteiger charge is -2.46. The Kier molecular flexibility index (Phi) is 5.23. The number of aromatic nitrogens is 1. The molecule has 2 atom stereocenters. The molecule has 2 aliphatic rings. The summed E-state index contributed by atoms with van der Waals surface area (Å²) < 4.78 is 0. The average molecular weight is 398 g/mol. The van der Waals surface area contributed by atoms with Gasteiger partial charge in [0, 0.05) is 31.0 Å². The summed E-state index contributed by atoms with van der Waals surface area (Å²) >= 11 is 1.45. The van der Waals surface area contributed by atoms with E-state index >= 15 is 0 Å². The number of fused-ring (bicyclic) bond motifs is 1. The largest absolute Gasteiger partial charge is 0.351 e. The molecule has 0 spiro atoms. The molecule has 2 amide bonds. The zero-order valence-electron chi connectivity index (χ0n) is 16.5. The molecule has 1 saturated carbocycles. The Hall–Kier alpha value is -2.21. The maximum absolute atomic E-state index is 12.7. The second-order valence-electron chi connectivity index (χ2n) is 8.11. The molecule has 1 saturated heterocycles. The van der Waals surface area contributed by atoms with Crippen LogP contribution in [0.4, 0.5) is 0 Å². The number of nitrogens with one attached hydrogen (secondary N) is 1. The normalized spacial score (nSPS) is 24.3. The molecule has 1 aliphatic heterocycles. The third kappa shape index (κ3) is 3.58. The Morgan fingerprint density at radius 1 is 1.29 bits per heavy atom. The van der Waals surface area contributed by atoms with E-state index in [1.165, 1.54) is 16.9 Å². The van der Waals surface area contributed by atoms with E-state index in [0.29, 0.717) is 24.4 Å². The van der Waals surface area contributed by atoms with E-state index in [-0.39, 0.29) is 23.3 Å². The number of thiazole rings is 1. The predicted molar refractivity (Wildman–Crippen MR) is 110 cm³/mol. The van der Waals surface area contributed by atoms with E-state index in [4.69, 9.17) is 0 Å². The van der Waals surface area contributed by atoms with Crippen molar-refractivity contribution in [3.63, 3.8) is 0 Å². The molecule has 0 radical (unpaired) electrons. The Balaban J connectivity index is 1.50. The topological polar surface area (TPSA) is 62.3 Å². The monoisotopic (exact) mass is 397 g/mol. The van der Waals surface area contributed by atoms with Gasteiger partial charge in [-0.25, -0.2) is 4.98 Å². The zero-order valence-corrected chi connectivity index (χ0v) is 17.3. The number of amides is 2. The summed E-state index contributed by atoms with van der Waals surface area (Å²) in [4.78, 5) is 32.6. The van der Waals surface area contributed by atoms with Gasteiger partial charge in [0.2, 0.25) is 5.91 Å². The highest BCUT2D eigenvalue weighted by Crippen LogP contribution is 2.48. The number of likely N-dealkylation sites (tertiary alicyclic amines) is 1. The van der Waals surface area contributed by atoms with Crippen LogP contribution in [0.25, 0.3) is 0 Å². The smallest absolute Gasteiger partial charge is 0.263 e. The predicted octanol–water partition coefficient (Wildman–Crippen LogP) is 3.85. The van der Waals surface area contributed by atoms with Crippen molar-refractivity contribution in [1.29, 1.82) is 0 Å². The van der Waals surface area contributed by atoms with E-state index in [2.05, 4.69) is 27.3 Å². The van der Waals surface area contributed by atoms with Crippen molar-refractivity contribution >= 4 is 23.2 Å². The fourth-order valence-electron chi connectivity index (χ4n) is 4.92. The number of rotatable bonds is 5. The number of carbonyl (C=O) groups excluding carboxylic acids is 2. The number of piperidine rings is 1. The second-order valence-corrected chi connectivity index (χ2v) is 9.31. The van der Waals surface area contributed by atoms with Gasteiger partial charge >= 0.3 is 0 Å². The molecule has 1 aromatic heterocycles. The van der Waals surface area contributed by atoms with Crippen molar-refractivity contribution in [1.82, 2.24) is 15.2 Å². The molecule has 1 aromatic carbocycles. The van der Waals surface area contributed by atoms with Crippen LogP contribution in [-0.2, 0) is 11.3 Å². The Morgan fingerprint density at radius 2 is 2.07 bits per heavy atom. The van der Waals surface area contributed by atoms with Crippen molar-refractivity contribution in [2.75, 3.05) is 6.54 Å². The third-order valence-electron chi connectivity index (χ3n) is 6.30. The number of nitrogens with zero attached hydrogens (tertiary/aromatic N) is 2. The van der Waals surface area contributed by atoms with E-state index in [0.717, 1.165) is 36.4 Å². The van der Waals surface area contributed by atoms with Crippen LogP contribution in [0.15, 0.2) is 30.3 Å². The van der Waals surface area contributed by atoms with E-state index in [9.17, 15) is 9.59 Å². The Morgan fingerprint density at radius 3 is 2.79 bits per heavy atom. The highest BCUT2D eigenvalue weighted by Gasteiger charge is 2.50. The van der Waals surface area contributed by atoms with Crippen LogP contribution in [0, 0.1) is 19.3 Å². The van der Waals surface area contributed by atoms with Gasteiger partial charge in [-0.1, -0.05) is 36.8 Å². The summed E-state index contributed by atoms with van der Waals surface area (Å²) in [5.41, 5.74) is 1.95. The number of hydrogen-bond donors (Lipinski definition) is 1. The van der Waals surface area contributed by atoms with Crippen LogP contribution in [-0.4, -0.2) is 34.3 Å². The number of aryl methyl sites for hydroxylation is 2. The summed E-state index contributed by atoms with van der Waals surface area (Å²) in [6.07, 6.45) is 4.63. The van der Waals surface area contributed by atoms with Gasteiger partial charge in [0.25, 0.3) is 5.91 Å². The van der Waals surface area contributed by atoms with Gasteiger partial charge in [0.15, 0.2) is 0 Å². The van der Waals surface area contributed by atoms with Crippen molar-refractivity contribution in [2.24, 2.45) is 5.41 Å². The maximum atomic E-state index is 12.7. The Bertz CT molecular complexity index is 879. The highest BCUT2D eigenvalue weighted by molar-refractivity contribution is 7.13. The molecule has 28 heavy (non-hydrogen) atoms. The first-order chi connectivity index (χ1) is 13.5. The molecule has 5 nitrogen and oxygen atoms in total. The summed E-state index contributed by atoms with van der Waals surface area (Å²) in [6, 6.07) is 10.4. The van der Waals surface area contributed by atoms with Gasteiger partial charge in [-0.15, -0.1) is 11.3 Å². The van der Waals surface area contributed by atoms with Crippen molar-refractivity contribution in [2.45, 2.75) is 58.5 Å². The van der Waals surface area contributed by atoms with Crippen LogP contribution in [0.5, 0.6) is 0 Å². The van der Waals surface area contributed by atoms with Crippen LogP contribution < -0.4 is 5.32 Å². The minimum absolute atomic E-state index is 0.00795. The summed E-state index contributed by atoms with van der Waals surface area (Å²) in [5.74, 6) is 0.210. The third-order valence-corrected chi connectivity index (χ3v) is 7.37. The fourth-order valence-corrected chi connectivity index (χ4v) is 5.76. The van der Waals surface area contributed by atoms with E-state index < -0.39 is 0 Å². The van der Waals surface area contributed by atoms with E-state index in [1.54, 1.807) is 0 Å². The first kappa shape index (κ1) is 19.1. The molecule has 2 heterocycles. The SMILES string of the molecule is Cc1nc(C)c(C(=O)NC[C@@]23CCC[C@H]2N(Cc2ccccc2)C(=O)CC3)s1.